The number of nitrogens with zero attached hydrogens (tertiary/aromatic N) is 2. The monoisotopic (exact) mass is 386 g/mol. The molecule has 0 saturated carbocycles. The fourth-order valence-corrected chi connectivity index (χ4v) is 4.23. The van der Waals surface area contributed by atoms with E-state index in [1.807, 2.05) is 17.4 Å². The number of halogens is 1. The maximum Gasteiger partial charge on any atom is 0.347 e. The van der Waals surface area contributed by atoms with Gasteiger partial charge in [0.1, 0.15) is 10.6 Å². The van der Waals surface area contributed by atoms with Crippen molar-refractivity contribution in [2.75, 3.05) is 6.26 Å². The summed E-state index contributed by atoms with van der Waals surface area (Å²) in [6.45, 7) is 4.20. The van der Waals surface area contributed by atoms with Gasteiger partial charge in [0.2, 0.25) is 4.34 Å². The van der Waals surface area contributed by atoms with E-state index in [9.17, 15) is 0 Å². The first-order valence-electron chi connectivity index (χ1n) is 6.74. The number of thioether (sulfide) groups is 1. The van der Waals surface area contributed by atoms with Crippen molar-refractivity contribution >= 4 is 28.7 Å². The Labute approximate surface area is 149 Å². The van der Waals surface area contributed by atoms with Crippen LogP contribution >= 0.6 is 23.1 Å². The molecule has 128 valence electrons. The fourth-order valence-electron chi connectivity index (χ4n) is 2.26. The molecule has 0 N–H and O–H groups in total. The molecule has 6 nitrogen and oxygen atoms in total. The van der Waals surface area contributed by atoms with Crippen LogP contribution in [0.3, 0.4) is 0 Å². The second-order valence-corrected chi connectivity index (χ2v) is 7.65. The number of hydrogen-bond acceptors (Lipinski definition) is 7. The van der Waals surface area contributed by atoms with Gasteiger partial charge >= 0.3 is 5.65 Å². The van der Waals surface area contributed by atoms with Gasteiger partial charge in [-0.15, -0.1) is 10.2 Å². The number of fused-ring (bicyclic) bond motifs is 1. The van der Waals surface area contributed by atoms with Gasteiger partial charge in [0.25, 0.3) is 0 Å². The molecule has 24 heavy (non-hydrogen) atoms. The number of aromatic nitrogens is 2. The van der Waals surface area contributed by atoms with E-state index < -0.39 is 10.2 Å². The smallest absolute Gasteiger partial charge is 0.222 e. The molecule has 9 heteroatoms. The Balaban J connectivity index is 0.000000368. The van der Waals surface area contributed by atoms with E-state index >= 15 is 0 Å². The molecule has 0 aliphatic carbocycles. The SMILES string of the molecule is CSc1sc(-c2ccccc2)c2nc(C)cc(C)[n+]12.[O-][Cl+3]([O-])([O-])[O-]. The van der Waals surface area contributed by atoms with Crippen molar-refractivity contribution in [3.05, 3.63) is 47.8 Å². The van der Waals surface area contributed by atoms with E-state index in [0.717, 1.165) is 11.3 Å². The molecule has 0 radical (unpaired) electrons. The second-order valence-electron chi connectivity index (χ2n) is 4.84. The largest absolute Gasteiger partial charge is 0.347 e. The van der Waals surface area contributed by atoms with E-state index in [-0.39, 0.29) is 0 Å². The minimum atomic E-state index is -4.94. The highest BCUT2D eigenvalue weighted by Crippen LogP contribution is 2.33. The lowest BCUT2D eigenvalue weighted by molar-refractivity contribution is -2.00. The fraction of sp³-hybridized carbons (Fsp3) is 0.200. The molecule has 0 bridgehead atoms. The average molecular weight is 387 g/mol. The maximum atomic E-state index is 8.49. The molecule has 2 heterocycles. The van der Waals surface area contributed by atoms with Crippen LogP contribution in [0.25, 0.3) is 16.1 Å². The lowest BCUT2D eigenvalue weighted by atomic mass is 10.2. The minimum absolute atomic E-state index is 1.07. The Morgan fingerprint density at radius 2 is 1.67 bits per heavy atom. The molecule has 0 unspecified atom stereocenters. The maximum absolute atomic E-state index is 8.49. The Morgan fingerprint density at radius 1 is 1.08 bits per heavy atom. The quantitative estimate of drug-likeness (QED) is 0.418. The highest BCUT2D eigenvalue weighted by Gasteiger charge is 2.23. The first-order valence-corrected chi connectivity index (χ1v) is 10.0. The summed E-state index contributed by atoms with van der Waals surface area (Å²) in [7, 11) is -4.94. The summed E-state index contributed by atoms with van der Waals surface area (Å²) in [5, 5.41) is 0. The molecule has 0 atom stereocenters. The highest BCUT2D eigenvalue weighted by atomic mass is 35.7. The van der Waals surface area contributed by atoms with E-state index in [2.05, 4.69) is 54.8 Å². The zero-order valence-electron chi connectivity index (χ0n) is 13.2. The van der Waals surface area contributed by atoms with Crippen molar-refractivity contribution in [2.45, 2.75) is 18.2 Å². The molecule has 3 aromatic rings. The second kappa shape index (κ2) is 7.75. The summed E-state index contributed by atoms with van der Waals surface area (Å²) in [5.41, 5.74) is 4.62. The molecule has 0 saturated heterocycles. The number of benzene rings is 1. The first kappa shape index (κ1) is 19.1. The lowest BCUT2D eigenvalue weighted by Gasteiger charge is -2.17. The number of thiazole rings is 1. The van der Waals surface area contributed by atoms with Crippen LogP contribution in [0.5, 0.6) is 0 Å². The Morgan fingerprint density at radius 3 is 2.21 bits per heavy atom. The summed E-state index contributed by atoms with van der Waals surface area (Å²) in [6, 6.07) is 12.6. The van der Waals surface area contributed by atoms with Gasteiger partial charge in [-0.05, 0) is 18.2 Å². The summed E-state index contributed by atoms with van der Waals surface area (Å²) in [4.78, 5) is 5.99. The van der Waals surface area contributed by atoms with Gasteiger partial charge in [-0.3, -0.25) is 0 Å². The van der Waals surface area contributed by atoms with Gasteiger partial charge in [-0.2, -0.15) is 4.40 Å². The summed E-state index contributed by atoms with van der Waals surface area (Å²) in [6.07, 6.45) is 2.12. The van der Waals surface area contributed by atoms with Crippen LogP contribution in [-0.2, 0) is 0 Å². The molecule has 2 aromatic heterocycles. The van der Waals surface area contributed by atoms with Gasteiger partial charge in [-0.25, -0.2) is 18.6 Å². The Bertz CT molecular complexity index is 829. The molecule has 0 aliphatic heterocycles. The normalized spacial score (nSPS) is 11.3. The Kier molecular flexibility index (Phi) is 6.16. The Hall–Kier alpha value is -1.26. The minimum Gasteiger partial charge on any atom is -0.222 e. The molecule has 0 amide bonds. The molecule has 1 aromatic carbocycles. The number of aryl methyl sites for hydroxylation is 2. The first-order chi connectivity index (χ1) is 11.2. The zero-order chi connectivity index (χ0) is 17.9. The summed E-state index contributed by atoms with van der Waals surface area (Å²) >= 11 is 3.59. The third-order valence-electron chi connectivity index (χ3n) is 3.05. The van der Waals surface area contributed by atoms with E-state index in [4.69, 9.17) is 23.6 Å². The van der Waals surface area contributed by atoms with Crippen LogP contribution < -0.4 is 23.0 Å². The highest BCUT2D eigenvalue weighted by molar-refractivity contribution is 8.00. The van der Waals surface area contributed by atoms with E-state index in [1.165, 1.54) is 20.5 Å². The van der Waals surface area contributed by atoms with Crippen LogP contribution in [0.2, 0.25) is 0 Å². The predicted octanol–water partition coefficient (Wildman–Crippen LogP) is -0.868. The third kappa shape index (κ3) is 4.87. The van der Waals surface area contributed by atoms with Crippen LogP contribution in [0.15, 0.2) is 40.7 Å². The van der Waals surface area contributed by atoms with Crippen molar-refractivity contribution in [1.29, 1.82) is 0 Å². The van der Waals surface area contributed by atoms with Crippen LogP contribution in [0.1, 0.15) is 11.4 Å². The van der Waals surface area contributed by atoms with Gasteiger partial charge in [0.05, 0.1) is 0 Å². The summed E-state index contributed by atoms with van der Waals surface area (Å²) in [5.74, 6) is 0. The van der Waals surface area contributed by atoms with Gasteiger partial charge in [0.15, 0.2) is 5.69 Å². The number of rotatable bonds is 2. The lowest BCUT2D eigenvalue weighted by Crippen LogP contribution is -2.68. The third-order valence-corrected chi connectivity index (χ3v) is 5.31. The van der Waals surface area contributed by atoms with Crippen LogP contribution in [0.4, 0.5) is 0 Å². The average Bonchev–Trinajstić information content (AvgIpc) is 2.85. The molecule has 0 aliphatic rings. The zero-order valence-corrected chi connectivity index (χ0v) is 15.6. The van der Waals surface area contributed by atoms with Gasteiger partial charge in [0, 0.05) is 18.6 Å². The predicted molar refractivity (Wildman–Crippen MR) is 82.0 cm³/mol. The molecule has 0 spiro atoms. The van der Waals surface area contributed by atoms with Gasteiger partial charge in [-0.1, -0.05) is 53.4 Å². The topological polar surface area (TPSA) is 109 Å². The molecular weight excluding hydrogens is 372 g/mol. The summed E-state index contributed by atoms with van der Waals surface area (Å²) < 4.78 is 37.5. The van der Waals surface area contributed by atoms with E-state index in [0.29, 0.717) is 0 Å². The molecule has 0 fully saturated rings. The van der Waals surface area contributed by atoms with Crippen LogP contribution in [-0.4, -0.2) is 11.2 Å². The van der Waals surface area contributed by atoms with Crippen molar-refractivity contribution < 1.29 is 33.3 Å². The standard InChI is InChI=1S/C15H15N2S2.ClHO4/c1-10-9-11(2)17-14(16-10)13(19-15(17)18-3)12-7-5-4-6-8-12;2-1(3,4)5/h4-9H,1-3H3;(H,2,3,4,5)/q+1;/p-1. The van der Waals surface area contributed by atoms with Crippen molar-refractivity contribution in [3.8, 4) is 10.4 Å². The van der Waals surface area contributed by atoms with Crippen molar-refractivity contribution in [2.24, 2.45) is 0 Å². The van der Waals surface area contributed by atoms with E-state index in [1.54, 1.807) is 11.8 Å². The van der Waals surface area contributed by atoms with Crippen molar-refractivity contribution in [3.63, 3.8) is 0 Å². The van der Waals surface area contributed by atoms with Crippen molar-refractivity contribution in [1.82, 2.24) is 4.98 Å². The molecule has 3 rings (SSSR count). The molecular formula is C15H15ClN2O4S2. The number of hydrogen-bond donors (Lipinski definition) is 0. The van der Waals surface area contributed by atoms with Gasteiger partial charge < -0.3 is 0 Å². The van der Waals surface area contributed by atoms with Crippen LogP contribution in [0, 0.1) is 24.1 Å².